The molecular formula is C17H17N3O6. The Kier molecular flexibility index (Phi) is 5.74. The van der Waals surface area contributed by atoms with Gasteiger partial charge in [-0.3, -0.25) is 14.9 Å². The predicted molar refractivity (Wildman–Crippen MR) is 93.6 cm³/mol. The summed E-state index contributed by atoms with van der Waals surface area (Å²) in [5.41, 5.74) is 3.17. The van der Waals surface area contributed by atoms with Crippen molar-refractivity contribution in [1.29, 1.82) is 0 Å². The molecule has 136 valence electrons. The molecule has 0 aliphatic heterocycles. The number of carbonyl (C=O) groups excluding carboxylic acids is 1. The fourth-order valence-corrected chi connectivity index (χ4v) is 2.14. The molecule has 0 bridgehead atoms. The van der Waals surface area contributed by atoms with Crippen LogP contribution >= 0.6 is 0 Å². The first-order chi connectivity index (χ1) is 12.3. The van der Waals surface area contributed by atoms with Gasteiger partial charge in [0.2, 0.25) is 0 Å². The normalized spacial score (nSPS) is 10.7. The van der Waals surface area contributed by atoms with Crippen molar-refractivity contribution in [3.05, 3.63) is 57.1 Å². The summed E-state index contributed by atoms with van der Waals surface area (Å²) in [5.74, 6) is -0.845. The molecule has 0 unspecified atom stereocenters. The van der Waals surface area contributed by atoms with Crippen LogP contribution in [0.2, 0.25) is 0 Å². The van der Waals surface area contributed by atoms with Gasteiger partial charge in [-0.15, -0.1) is 0 Å². The molecule has 0 aromatic heterocycles. The van der Waals surface area contributed by atoms with E-state index in [1.807, 2.05) is 0 Å². The molecule has 0 fully saturated rings. The van der Waals surface area contributed by atoms with Gasteiger partial charge in [-0.1, -0.05) is 12.1 Å². The van der Waals surface area contributed by atoms with Crippen molar-refractivity contribution in [3.8, 4) is 17.2 Å². The predicted octanol–water partition coefficient (Wildman–Crippen LogP) is 2.15. The summed E-state index contributed by atoms with van der Waals surface area (Å²) in [6, 6.07) is 7.16. The lowest BCUT2D eigenvalue weighted by molar-refractivity contribution is -0.385. The third-order valence-corrected chi connectivity index (χ3v) is 3.58. The average molecular weight is 359 g/mol. The maximum absolute atomic E-state index is 11.8. The van der Waals surface area contributed by atoms with Gasteiger partial charge >= 0.3 is 5.69 Å². The highest BCUT2D eigenvalue weighted by Crippen LogP contribution is 2.31. The number of benzene rings is 2. The fourth-order valence-electron chi connectivity index (χ4n) is 2.14. The zero-order valence-electron chi connectivity index (χ0n) is 14.1. The Balaban J connectivity index is 1.99. The zero-order chi connectivity index (χ0) is 19.3. The van der Waals surface area contributed by atoms with Crippen molar-refractivity contribution in [2.45, 2.75) is 13.8 Å². The van der Waals surface area contributed by atoms with Crippen molar-refractivity contribution in [2.24, 2.45) is 5.10 Å². The van der Waals surface area contributed by atoms with E-state index in [2.05, 4.69) is 10.5 Å². The van der Waals surface area contributed by atoms with Crippen molar-refractivity contribution >= 4 is 17.8 Å². The van der Waals surface area contributed by atoms with Crippen LogP contribution in [0.4, 0.5) is 5.69 Å². The van der Waals surface area contributed by atoms with Crippen LogP contribution in [0.1, 0.15) is 16.7 Å². The van der Waals surface area contributed by atoms with Gasteiger partial charge in [0.05, 0.1) is 11.1 Å². The number of phenols is 2. The van der Waals surface area contributed by atoms with E-state index in [4.69, 9.17) is 4.74 Å². The first-order valence-electron chi connectivity index (χ1n) is 7.51. The standard InChI is InChI=1S/C17H17N3O6/c1-10-7-14(21)11(2)17(23)12(10)8-18-19-16(22)9-26-15-6-4-3-5-13(15)20(24)25/h3-8,21,23H,9H2,1-2H3,(H,19,22). The van der Waals surface area contributed by atoms with Gasteiger partial charge in [-0.05, 0) is 31.5 Å². The number of phenolic OH excluding ortho intramolecular Hbond substituents is 2. The van der Waals surface area contributed by atoms with Crippen molar-refractivity contribution < 1.29 is 24.7 Å². The monoisotopic (exact) mass is 359 g/mol. The van der Waals surface area contributed by atoms with Crippen LogP contribution in [0.15, 0.2) is 35.4 Å². The van der Waals surface area contributed by atoms with E-state index in [0.29, 0.717) is 16.7 Å². The summed E-state index contributed by atoms with van der Waals surface area (Å²) in [6.07, 6.45) is 1.24. The third-order valence-electron chi connectivity index (χ3n) is 3.58. The molecule has 0 aliphatic rings. The topological polar surface area (TPSA) is 134 Å². The van der Waals surface area contributed by atoms with Crippen LogP contribution in [0, 0.1) is 24.0 Å². The largest absolute Gasteiger partial charge is 0.508 e. The molecule has 3 N–H and O–H groups in total. The number of aryl methyl sites for hydroxylation is 1. The number of hydrogen-bond donors (Lipinski definition) is 3. The van der Waals surface area contributed by atoms with E-state index >= 15 is 0 Å². The minimum atomic E-state index is -0.632. The number of nitro groups is 1. The number of aromatic hydroxyl groups is 2. The molecule has 1 amide bonds. The molecular weight excluding hydrogens is 342 g/mol. The van der Waals surface area contributed by atoms with Gasteiger partial charge in [0.25, 0.3) is 5.91 Å². The maximum atomic E-state index is 11.8. The summed E-state index contributed by atoms with van der Waals surface area (Å²) >= 11 is 0. The Bertz CT molecular complexity index is 879. The second-order valence-electron chi connectivity index (χ2n) is 5.41. The Labute approximate surface area is 148 Å². The van der Waals surface area contributed by atoms with Gasteiger partial charge in [-0.2, -0.15) is 5.10 Å². The third kappa shape index (κ3) is 4.26. The molecule has 2 aromatic rings. The van der Waals surface area contributed by atoms with Crippen LogP contribution in [0.5, 0.6) is 17.2 Å². The number of ether oxygens (including phenoxy) is 1. The molecule has 26 heavy (non-hydrogen) atoms. The van der Waals surface area contributed by atoms with Crippen molar-refractivity contribution in [2.75, 3.05) is 6.61 Å². The van der Waals surface area contributed by atoms with Crippen LogP contribution in [0.3, 0.4) is 0 Å². The van der Waals surface area contributed by atoms with Gasteiger partial charge < -0.3 is 14.9 Å². The number of hydrazone groups is 1. The van der Waals surface area contributed by atoms with E-state index < -0.39 is 17.4 Å². The van der Waals surface area contributed by atoms with Crippen molar-refractivity contribution in [1.82, 2.24) is 5.43 Å². The molecule has 0 atom stereocenters. The molecule has 0 saturated heterocycles. The van der Waals surface area contributed by atoms with Gasteiger partial charge in [-0.25, -0.2) is 5.43 Å². The smallest absolute Gasteiger partial charge is 0.310 e. The number of nitrogens with zero attached hydrogens (tertiary/aromatic N) is 2. The summed E-state index contributed by atoms with van der Waals surface area (Å²) in [6.45, 7) is 2.74. The zero-order valence-corrected chi connectivity index (χ0v) is 14.1. The lowest BCUT2D eigenvalue weighted by Gasteiger charge is -2.09. The Hall–Kier alpha value is -3.62. The second-order valence-corrected chi connectivity index (χ2v) is 5.41. The number of rotatable bonds is 6. The number of para-hydroxylation sites is 2. The lowest BCUT2D eigenvalue weighted by atomic mass is 10.0. The fraction of sp³-hybridized carbons (Fsp3) is 0.176. The van der Waals surface area contributed by atoms with E-state index in [1.165, 1.54) is 30.5 Å². The first kappa shape index (κ1) is 18.7. The summed E-state index contributed by atoms with van der Waals surface area (Å²) in [7, 11) is 0. The summed E-state index contributed by atoms with van der Waals surface area (Å²) < 4.78 is 5.14. The Morgan fingerprint density at radius 1 is 1.35 bits per heavy atom. The molecule has 0 aliphatic carbocycles. The highest BCUT2D eigenvalue weighted by molar-refractivity contribution is 5.88. The van der Waals surface area contributed by atoms with E-state index in [9.17, 15) is 25.1 Å². The van der Waals surface area contributed by atoms with E-state index in [0.717, 1.165) is 0 Å². The average Bonchev–Trinajstić information content (AvgIpc) is 2.61. The molecule has 9 heteroatoms. The Morgan fingerprint density at radius 2 is 2.04 bits per heavy atom. The minimum Gasteiger partial charge on any atom is -0.508 e. The summed E-state index contributed by atoms with van der Waals surface area (Å²) in [4.78, 5) is 22.0. The quantitative estimate of drug-likeness (QED) is 0.411. The number of nitrogens with one attached hydrogen (secondary N) is 1. The SMILES string of the molecule is Cc1cc(O)c(C)c(O)c1C=NNC(=O)COc1ccccc1[N+](=O)[O-]. The van der Waals surface area contributed by atoms with Crippen LogP contribution in [-0.2, 0) is 4.79 Å². The molecule has 0 spiro atoms. The molecule has 0 radical (unpaired) electrons. The van der Waals surface area contributed by atoms with Crippen LogP contribution in [-0.4, -0.2) is 33.9 Å². The van der Waals surface area contributed by atoms with Gasteiger partial charge in [0.1, 0.15) is 11.5 Å². The van der Waals surface area contributed by atoms with E-state index in [1.54, 1.807) is 19.9 Å². The molecule has 2 rings (SSSR count). The number of amides is 1. The number of carbonyl (C=O) groups is 1. The number of hydrogen-bond acceptors (Lipinski definition) is 7. The first-order valence-corrected chi connectivity index (χ1v) is 7.51. The van der Waals surface area contributed by atoms with Gasteiger partial charge in [0.15, 0.2) is 12.4 Å². The summed E-state index contributed by atoms with van der Waals surface area (Å²) in [5, 5.41) is 34.2. The highest BCUT2D eigenvalue weighted by atomic mass is 16.6. The second kappa shape index (κ2) is 7.97. The maximum Gasteiger partial charge on any atom is 0.310 e. The number of nitro benzene ring substituents is 1. The van der Waals surface area contributed by atoms with E-state index in [-0.39, 0.29) is 22.9 Å². The molecule has 2 aromatic carbocycles. The molecule has 0 saturated carbocycles. The molecule has 0 heterocycles. The lowest BCUT2D eigenvalue weighted by Crippen LogP contribution is -2.24. The Morgan fingerprint density at radius 3 is 2.73 bits per heavy atom. The highest BCUT2D eigenvalue weighted by Gasteiger charge is 2.15. The minimum absolute atomic E-state index is 0.0284. The van der Waals surface area contributed by atoms with Gasteiger partial charge in [0, 0.05) is 17.2 Å². The molecule has 9 nitrogen and oxygen atoms in total. The van der Waals surface area contributed by atoms with Crippen LogP contribution < -0.4 is 10.2 Å². The van der Waals surface area contributed by atoms with Crippen LogP contribution in [0.25, 0.3) is 0 Å². The van der Waals surface area contributed by atoms with Crippen molar-refractivity contribution in [3.63, 3.8) is 0 Å².